The maximum Gasteiger partial charge on any atom is 0.494 e. The van der Waals surface area contributed by atoms with Crippen LogP contribution in [0.2, 0.25) is 0 Å². The number of benzene rings is 3. The molecule has 3 aromatic carbocycles. The second-order valence-electron chi connectivity index (χ2n) is 12.7. The number of rotatable bonds is 8. The van der Waals surface area contributed by atoms with Gasteiger partial charge in [0.2, 0.25) is 5.89 Å². The molecule has 3 heterocycles. The lowest BCUT2D eigenvalue weighted by Crippen LogP contribution is -2.41. The normalized spacial score (nSPS) is 19.5. The number of fused-ring (bicyclic) bond motifs is 1. The molecule has 0 radical (unpaired) electrons. The van der Waals surface area contributed by atoms with Gasteiger partial charge < -0.3 is 23.2 Å². The van der Waals surface area contributed by atoms with Crippen LogP contribution in [0.3, 0.4) is 0 Å². The first-order valence-corrected chi connectivity index (χ1v) is 15.1. The second-order valence-corrected chi connectivity index (χ2v) is 12.7. The number of esters is 1. The minimum atomic E-state index is -3.02. The molecule has 2 aliphatic heterocycles. The lowest BCUT2D eigenvalue weighted by molar-refractivity contribution is -0.146. The maximum absolute atomic E-state index is 13.4. The number of nitrogens with zero attached hydrogens (tertiary/aromatic N) is 2. The zero-order valence-electron chi connectivity index (χ0n) is 26.4. The number of halogens is 2. The van der Waals surface area contributed by atoms with Crippen molar-refractivity contribution < 1.29 is 36.8 Å². The maximum atomic E-state index is 13.4. The highest BCUT2D eigenvalue weighted by atomic mass is 19.3. The molecule has 0 aliphatic carbocycles. The Labute approximate surface area is 261 Å². The molecule has 6 rings (SSSR count). The Morgan fingerprint density at radius 1 is 1.07 bits per heavy atom. The first-order valence-electron chi connectivity index (χ1n) is 15.1. The van der Waals surface area contributed by atoms with Crippen LogP contribution < -0.4 is 10.2 Å². The van der Waals surface area contributed by atoms with Gasteiger partial charge in [0, 0.05) is 23.7 Å². The number of carbonyl (C=O) groups excluding carboxylic acids is 1. The van der Waals surface area contributed by atoms with E-state index in [0.717, 1.165) is 34.1 Å². The first kappa shape index (κ1) is 31.2. The van der Waals surface area contributed by atoms with E-state index in [1.54, 1.807) is 6.07 Å². The minimum Gasteiger partial charge on any atom is -0.468 e. The predicted octanol–water partition coefficient (Wildman–Crippen LogP) is 6.51. The van der Waals surface area contributed by atoms with E-state index in [2.05, 4.69) is 6.07 Å². The third-order valence-corrected chi connectivity index (χ3v) is 9.28. The number of likely N-dealkylation sites (tertiary alicyclic amines) is 1. The summed E-state index contributed by atoms with van der Waals surface area (Å²) in [7, 11) is 0.860. The number of methoxy groups -OCH3 is 1. The van der Waals surface area contributed by atoms with Crippen molar-refractivity contribution in [3.63, 3.8) is 0 Å². The molecular weight excluding hydrogens is 581 g/mol. The Morgan fingerprint density at radius 2 is 1.78 bits per heavy atom. The average Bonchev–Trinajstić information content (AvgIpc) is 3.68. The van der Waals surface area contributed by atoms with Crippen molar-refractivity contribution in [2.24, 2.45) is 0 Å². The summed E-state index contributed by atoms with van der Waals surface area (Å²) >= 11 is 0. The molecule has 1 atom stereocenters. The quantitative estimate of drug-likeness (QED) is 0.163. The van der Waals surface area contributed by atoms with Crippen molar-refractivity contribution in [1.82, 2.24) is 9.88 Å². The van der Waals surface area contributed by atoms with Crippen LogP contribution in [-0.2, 0) is 25.4 Å². The number of oxazole rings is 1. The number of aromatic nitrogens is 1. The molecule has 2 aliphatic rings. The largest absolute Gasteiger partial charge is 0.494 e. The van der Waals surface area contributed by atoms with E-state index >= 15 is 0 Å². The Morgan fingerprint density at radius 3 is 2.49 bits per heavy atom. The number of hydrogen-bond donors (Lipinski definition) is 0. The summed E-state index contributed by atoms with van der Waals surface area (Å²) in [4.78, 5) is 19.0. The highest BCUT2D eigenvalue weighted by Crippen LogP contribution is 2.38. The van der Waals surface area contributed by atoms with Gasteiger partial charge in [-0.15, -0.1) is 0 Å². The van der Waals surface area contributed by atoms with Crippen LogP contribution in [0, 0.1) is 6.92 Å². The summed E-state index contributed by atoms with van der Waals surface area (Å²) in [5.41, 5.74) is 5.02. The van der Waals surface area contributed by atoms with Gasteiger partial charge in [-0.1, -0.05) is 36.4 Å². The third-order valence-electron chi connectivity index (χ3n) is 9.28. The molecule has 0 amide bonds. The van der Waals surface area contributed by atoms with E-state index in [1.165, 1.54) is 13.2 Å². The molecule has 2 fully saturated rings. The number of alkyl halides is 2. The molecule has 0 spiro atoms. The summed E-state index contributed by atoms with van der Waals surface area (Å²) in [6.07, 6.45) is 1.44. The zero-order chi connectivity index (χ0) is 32.1. The summed E-state index contributed by atoms with van der Waals surface area (Å²) in [6, 6.07) is 16.7. The van der Waals surface area contributed by atoms with Crippen molar-refractivity contribution in [2.75, 3.05) is 13.7 Å². The molecule has 45 heavy (non-hydrogen) atoms. The molecule has 1 aromatic heterocycles. The van der Waals surface area contributed by atoms with Crippen molar-refractivity contribution in [3.05, 3.63) is 65.7 Å². The summed E-state index contributed by atoms with van der Waals surface area (Å²) in [5, 5.41) is 0. The van der Waals surface area contributed by atoms with Crippen LogP contribution >= 0.6 is 0 Å². The number of ether oxygens (including phenoxy) is 2. The molecule has 2 saturated heterocycles. The van der Waals surface area contributed by atoms with E-state index in [9.17, 15) is 13.6 Å². The van der Waals surface area contributed by atoms with Crippen LogP contribution in [0.4, 0.5) is 8.78 Å². The van der Waals surface area contributed by atoms with Crippen LogP contribution in [0.15, 0.2) is 59.0 Å². The molecule has 4 aromatic rings. The van der Waals surface area contributed by atoms with Gasteiger partial charge in [0.15, 0.2) is 5.58 Å². The molecule has 236 valence electrons. The third kappa shape index (κ3) is 5.96. The molecule has 0 saturated carbocycles. The number of carbonyl (C=O) groups is 1. The number of hydrogen-bond acceptors (Lipinski definition) is 8. The monoisotopic (exact) mass is 618 g/mol. The Hall–Kier alpha value is -3.80. The van der Waals surface area contributed by atoms with Crippen LogP contribution in [0.25, 0.3) is 33.7 Å². The Kier molecular flexibility index (Phi) is 8.22. The van der Waals surface area contributed by atoms with Gasteiger partial charge in [-0.05, 0) is 88.3 Å². The van der Waals surface area contributed by atoms with E-state index < -0.39 is 31.0 Å². The second kappa shape index (κ2) is 11.9. The van der Waals surface area contributed by atoms with E-state index in [1.807, 2.05) is 75.9 Å². The fourth-order valence-electron chi connectivity index (χ4n) is 6.09. The van der Waals surface area contributed by atoms with Gasteiger partial charge in [-0.25, -0.2) is 4.98 Å². The SMILES string of the molecule is COC(=O)[C@@H]1CCCN1Cc1cc2nc(-c3cccc(-c4cccc(B5OC(C)(C)C(C)(C)O5)c4)c3C)oc2cc1OC(F)F. The lowest BCUT2D eigenvalue weighted by atomic mass is 9.77. The van der Waals surface area contributed by atoms with Crippen molar-refractivity contribution >= 4 is 29.7 Å². The van der Waals surface area contributed by atoms with Gasteiger partial charge in [-0.3, -0.25) is 9.69 Å². The highest BCUT2D eigenvalue weighted by molar-refractivity contribution is 6.62. The van der Waals surface area contributed by atoms with Crippen LogP contribution in [0.5, 0.6) is 5.75 Å². The topological polar surface area (TPSA) is 83.3 Å². The fourth-order valence-corrected chi connectivity index (χ4v) is 6.09. The van der Waals surface area contributed by atoms with Gasteiger partial charge in [-0.2, -0.15) is 8.78 Å². The van der Waals surface area contributed by atoms with Gasteiger partial charge in [0.05, 0.1) is 18.3 Å². The van der Waals surface area contributed by atoms with Crippen LogP contribution in [0.1, 0.15) is 51.7 Å². The molecule has 0 N–H and O–H groups in total. The zero-order valence-corrected chi connectivity index (χ0v) is 26.4. The standard InChI is InChI=1S/C34H37BF2N2O6/c1-20-24(21-10-7-11-23(16-21)35-44-33(2,3)34(4,5)45-35)12-8-13-25(20)30-38-26-17-22(28(43-32(36)37)18-29(26)42-30)19-39-15-9-14-27(39)31(40)41-6/h7-8,10-13,16-18,27,32H,9,14-15,19H2,1-6H3/t27-/m0/s1. The molecule has 8 nitrogen and oxygen atoms in total. The first-order chi connectivity index (χ1) is 21.4. The molecule has 11 heteroatoms. The summed E-state index contributed by atoms with van der Waals surface area (Å²) < 4.78 is 55.4. The summed E-state index contributed by atoms with van der Waals surface area (Å²) in [5.74, 6) is 0.00595. The van der Waals surface area contributed by atoms with Crippen molar-refractivity contribution in [3.8, 4) is 28.3 Å². The minimum absolute atomic E-state index is 0.0132. The predicted molar refractivity (Wildman–Crippen MR) is 167 cm³/mol. The smallest absolute Gasteiger partial charge is 0.468 e. The fraction of sp³-hybridized carbons (Fsp3) is 0.412. The van der Waals surface area contributed by atoms with Crippen molar-refractivity contribution in [2.45, 2.75) is 77.9 Å². The van der Waals surface area contributed by atoms with Gasteiger partial charge in [0.25, 0.3) is 0 Å². The lowest BCUT2D eigenvalue weighted by Gasteiger charge is -2.32. The van der Waals surface area contributed by atoms with Gasteiger partial charge in [0.1, 0.15) is 17.3 Å². The van der Waals surface area contributed by atoms with E-state index in [-0.39, 0.29) is 18.3 Å². The van der Waals surface area contributed by atoms with Crippen LogP contribution in [-0.4, -0.2) is 60.5 Å². The Bertz CT molecular complexity index is 1720. The molecule has 0 bridgehead atoms. The Balaban J connectivity index is 1.33. The average molecular weight is 618 g/mol. The summed E-state index contributed by atoms with van der Waals surface area (Å²) in [6.45, 7) is 7.96. The van der Waals surface area contributed by atoms with Crippen molar-refractivity contribution in [1.29, 1.82) is 0 Å². The molecule has 0 unspecified atom stereocenters. The van der Waals surface area contributed by atoms with E-state index in [0.29, 0.717) is 35.5 Å². The molecular formula is C34H37BF2N2O6. The highest BCUT2D eigenvalue weighted by Gasteiger charge is 2.51. The van der Waals surface area contributed by atoms with Gasteiger partial charge >= 0.3 is 19.7 Å². The van der Waals surface area contributed by atoms with E-state index in [4.69, 9.17) is 28.2 Å².